The zero-order valence-corrected chi connectivity index (χ0v) is 8.22. The van der Waals surface area contributed by atoms with Crippen LogP contribution < -0.4 is 5.32 Å². The highest BCUT2D eigenvalue weighted by atomic mass is 16.5. The molecular weight excluding hydrogens is 170 g/mol. The Balaban J connectivity index is 4.59. The molecule has 0 radical (unpaired) electrons. The maximum absolute atomic E-state index is 11.2. The summed E-state index contributed by atoms with van der Waals surface area (Å²) in [6, 6.07) is 0. The molecule has 0 aromatic rings. The quantitative estimate of drug-likeness (QED) is 0.394. The molecule has 0 aliphatic carbocycles. The van der Waals surface area contributed by atoms with Gasteiger partial charge in [-0.15, -0.1) is 0 Å². The summed E-state index contributed by atoms with van der Waals surface area (Å²) in [6.07, 6.45) is 1.18. The van der Waals surface area contributed by atoms with E-state index in [0.717, 1.165) is 5.57 Å². The second-order valence-electron chi connectivity index (χ2n) is 2.49. The predicted molar refractivity (Wildman–Crippen MR) is 48.8 cm³/mol. The van der Waals surface area contributed by atoms with Crippen molar-refractivity contribution in [2.75, 3.05) is 6.61 Å². The molecule has 0 fully saturated rings. The molecule has 0 saturated heterocycles. The molecule has 0 saturated carbocycles. The number of rotatable bonds is 5. The van der Waals surface area contributed by atoms with Gasteiger partial charge in [-0.2, -0.15) is 0 Å². The van der Waals surface area contributed by atoms with Crippen LogP contribution in [0.1, 0.15) is 27.2 Å². The minimum atomic E-state index is -0.478. The van der Waals surface area contributed by atoms with Crippen LogP contribution in [0.15, 0.2) is 11.3 Å². The van der Waals surface area contributed by atoms with Gasteiger partial charge in [0.05, 0.1) is 6.61 Å². The van der Waals surface area contributed by atoms with E-state index in [2.05, 4.69) is 5.32 Å². The number of ether oxygens (including phenoxy) is 1. The highest BCUT2D eigenvalue weighted by molar-refractivity contribution is 5.90. The van der Waals surface area contributed by atoms with Crippen LogP contribution >= 0.6 is 0 Å². The highest BCUT2D eigenvalue weighted by Crippen LogP contribution is 2.06. The minimum Gasteiger partial charge on any atom is -0.461 e. The minimum absolute atomic E-state index is 0.249. The summed E-state index contributed by atoms with van der Waals surface area (Å²) in [5.74, 6) is -0.478. The summed E-state index contributed by atoms with van der Waals surface area (Å²) in [4.78, 5) is 21.4. The fourth-order valence-corrected chi connectivity index (χ4v) is 0.795. The first-order chi connectivity index (χ1) is 6.17. The van der Waals surface area contributed by atoms with Gasteiger partial charge in [-0.1, -0.05) is 6.92 Å². The molecule has 4 nitrogen and oxygen atoms in total. The van der Waals surface area contributed by atoms with E-state index in [1.165, 1.54) is 0 Å². The van der Waals surface area contributed by atoms with Crippen molar-refractivity contribution in [3.8, 4) is 0 Å². The molecule has 0 aromatic carbocycles. The molecule has 1 amide bonds. The second-order valence-corrected chi connectivity index (χ2v) is 2.49. The maximum Gasteiger partial charge on any atom is 0.354 e. The summed E-state index contributed by atoms with van der Waals surface area (Å²) >= 11 is 0. The molecule has 0 unspecified atom stereocenters. The van der Waals surface area contributed by atoms with Crippen molar-refractivity contribution >= 4 is 12.4 Å². The summed E-state index contributed by atoms with van der Waals surface area (Å²) < 4.78 is 4.76. The van der Waals surface area contributed by atoms with Crippen LogP contribution in [-0.4, -0.2) is 19.0 Å². The van der Waals surface area contributed by atoms with Crippen LogP contribution in [0.5, 0.6) is 0 Å². The Hall–Kier alpha value is -1.32. The Morgan fingerprint density at radius 2 is 2.08 bits per heavy atom. The summed E-state index contributed by atoms with van der Waals surface area (Å²) in [7, 11) is 0. The first kappa shape index (κ1) is 11.7. The molecule has 0 spiro atoms. The number of hydrogen-bond donors (Lipinski definition) is 1. The Morgan fingerprint density at radius 3 is 2.46 bits per heavy atom. The third-order valence-corrected chi connectivity index (χ3v) is 1.64. The van der Waals surface area contributed by atoms with Crippen molar-refractivity contribution in [2.24, 2.45) is 0 Å². The molecule has 1 N–H and O–H groups in total. The van der Waals surface area contributed by atoms with E-state index in [1.807, 2.05) is 6.92 Å². The Labute approximate surface area is 78.0 Å². The van der Waals surface area contributed by atoms with Gasteiger partial charge in [-0.25, -0.2) is 4.79 Å². The third-order valence-electron chi connectivity index (χ3n) is 1.64. The van der Waals surface area contributed by atoms with E-state index in [0.29, 0.717) is 19.4 Å². The van der Waals surface area contributed by atoms with Crippen molar-refractivity contribution in [2.45, 2.75) is 27.2 Å². The van der Waals surface area contributed by atoms with E-state index in [4.69, 9.17) is 4.74 Å². The lowest BCUT2D eigenvalue weighted by Crippen LogP contribution is -2.22. The SMILES string of the molecule is CCOC(=O)/C(NC=O)=C(/C)CC. The van der Waals surface area contributed by atoms with Gasteiger partial charge in [0.1, 0.15) is 5.70 Å². The van der Waals surface area contributed by atoms with Gasteiger partial charge in [0.2, 0.25) is 6.41 Å². The average Bonchev–Trinajstić information content (AvgIpc) is 2.13. The van der Waals surface area contributed by atoms with Crippen LogP contribution in [0.25, 0.3) is 0 Å². The topological polar surface area (TPSA) is 55.4 Å². The van der Waals surface area contributed by atoms with Crippen molar-refractivity contribution in [3.05, 3.63) is 11.3 Å². The van der Waals surface area contributed by atoms with E-state index in [1.54, 1.807) is 13.8 Å². The lowest BCUT2D eigenvalue weighted by molar-refractivity contribution is -0.139. The fourth-order valence-electron chi connectivity index (χ4n) is 0.795. The molecule has 74 valence electrons. The maximum atomic E-state index is 11.2. The largest absolute Gasteiger partial charge is 0.461 e. The number of carbonyl (C=O) groups excluding carboxylic acids is 2. The third kappa shape index (κ3) is 3.73. The van der Waals surface area contributed by atoms with Gasteiger partial charge in [-0.05, 0) is 25.8 Å². The summed E-state index contributed by atoms with van der Waals surface area (Å²) in [6.45, 7) is 5.71. The molecule has 0 heterocycles. The van der Waals surface area contributed by atoms with Crippen molar-refractivity contribution in [1.29, 1.82) is 0 Å². The zero-order chi connectivity index (χ0) is 10.3. The predicted octanol–water partition coefficient (Wildman–Crippen LogP) is 0.980. The molecule has 0 bridgehead atoms. The van der Waals surface area contributed by atoms with E-state index in [9.17, 15) is 9.59 Å². The molecule has 0 rings (SSSR count). The molecule has 0 aliphatic rings. The van der Waals surface area contributed by atoms with Crippen LogP contribution in [0.2, 0.25) is 0 Å². The van der Waals surface area contributed by atoms with Crippen molar-refractivity contribution < 1.29 is 14.3 Å². The zero-order valence-electron chi connectivity index (χ0n) is 8.22. The fraction of sp³-hybridized carbons (Fsp3) is 0.556. The monoisotopic (exact) mass is 185 g/mol. The van der Waals surface area contributed by atoms with Crippen LogP contribution in [0.3, 0.4) is 0 Å². The van der Waals surface area contributed by atoms with Crippen LogP contribution in [0.4, 0.5) is 0 Å². The lowest BCUT2D eigenvalue weighted by Gasteiger charge is -2.08. The van der Waals surface area contributed by atoms with Gasteiger partial charge < -0.3 is 10.1 Å². The Morgan fingerprint density at radius 1 is 1.46 bits per heavy atom. The average molecular weight is 185 g/mol. The summed E-state index contributed by atoms with van der Waals surface area (Å²) in [5.41, 5.74) is 1.06. The van der Waals surface area contributed by atoms with Gasteiger partial charge in [0.15, 0.2) is 0 Å². The standard InChI is InChI=1S/C9H15NO3/c1-4-7(3)8(10-6-11)9(12)13-5-2/h6H,4-5H2,1-3H3,(H,10,11)/b8-7+. The number of carbonyl (C=O) groups is 2. The number of esters is 1. The van der Waals surface area contributed by atoms with Gasteiger partial charge in [0.25, 0.3) is 0 Å². The first-order valence-electron chi connectivity index (χ1n) is 4.24. The summed E-state index contributed by atoms with van der Waals surface area (Å²) in [5, 5.41) is 2.34. The molecular formula is C9H15NO3. The van der Waals surface area contributed by atoms with E-state index < -0.39 is 5.97 Å². The van der Waals surface area contributed by atoms with Crippen LogP contribution in [-0.2, 0) is 14.3 Å². The molecule has 13 heavy (non-hydrogen) atoms. The van der Waals surface area contributed by atoms with Crippen LogP contribution in [0, 0.1) is 0 Å². The van der Waals surface area contributed by atoms with E-state index >= 15 is 0 Å². The second kappa shape index (κ2) is 6.22. The van der Waals surface area contributed by atoms with Gasteiger partial charge >= 0.3 is 5.97 Å². The van der Waals surface area contributed by atoms with E-state index in [-0.39, 0.29) is 5.70 Å². The number of allylic oxidation sites excluding steroid dienone is 1. The highest BCUT2D eigenvalue weighted by Gasteiger charge is 2.11. The molecule has 4 heteroatoms. The molecule has 0 aliphatic heterocycles. The number of amides is 1. The normalized spacial score (nSPS) is 11.6. The Kier molecular flexibility index (Phi) is 5.59. The van der Waals surface area contributed by atoms with Crippen molar-refractivity contribution in [3.63, 3.8) is 0 Å². The number of nitrogens with one attached hydrogen (secondary N) is 1. The lowest BCUT2D eigenvalue weighted by atomic mass is 10.2. The number of hydrogen-bond acceptors (Lipinski definition) is 3. The smallest absolute Gasteiger partial charge is 0.354 e. The van der Waals surface area contributed by atoms with Crippen molar-refractivity contribution in [1.82, 2.24) is 5.32 Å². The molecule has 0 aromatic heterocycles. The molecule has 0 atom stereocenters. The van der Waals surface area contributed by atoms with Gasteiger partial charge in [-0.3, -0.25) is 4.79 Å². The Bertz CT molecular complexity index is 221. The first-order valence-corrected chi connectivity index (χ1v) is 4.24. The van der Waals surface area contributed by atoms with Gasteiger partial charge in [0, 0.05) is 0 Å².